The molecule has 6 unspecified atom stereocenters. The minimum atomic E-state index is -0.323. The number of carbonyl (C=O) groups excluding carboxylic acids is 2. The molecule has 2 aliphatic rings. The van der Waals surface area contributed by atoms with E-state index in [1.54, 1.807) is 0 Å². The maximum atomic E-state index is 13.3. The molecule has 2 aromatic carbocycles. The summed E-state index contributed by atoms with van der Waals surface area (Å²) in [6, 6.07) is 11.4. The second kappa shape index (κ2) is 14.7. The first-order valence-electron chi connectivity index (χ1n) is 15.5. The van der Waals surface area contributed by atoms with Crippen molar-refractivity contribution in [2.75, 3.05) is 11.5 Å². The van der Waals surface area contributed by atoms with E-state index in [-0.39, 0.29) is 50.4 Å². The summed E-state index contributed by atoms with van der Waals surface area (Å²) in [5, 5.41) is 0. The average Bonchev–Trinajstić information content (AvgIpc) is 2.93. The Bertz CT molecular complexity index is 1150. The topological polar surface area (TPSA) is 105 Å². The molecule has 0 heterocycles. The minimum absolute atomic E-state index is 0.0698. The van der Waals surface area contributed by atoms with Crippen LogP contribution >= 0.6 is 0 Å². The van der Waals surface area contributed by atoms with Crippen molar-refractivity contribution in [1.82, 2.24) is 0 Å². The van der Waals surface area contributed by atoms with Crippen LogP contribution in [0.3, 0.4) is 0 Å². The molecule has 0 saturated heterocycles. The Morgan fingerprint density at radius 1 is 0.690 bits per heavy atom. The predicted molar refractivity (Wildman–Crippen MR) is 174 cm³/mol. The normalized spacial score (nSPS) is 26.3. The Balaban J connectivity index is 1.42. The number of ether oxygens (including phenoxy) is 2. The summed E-state index contributed by atoms with van der Waals surface area (Å²) in [6.45, 7) is 13.3. The third kappa shape index (κ3) is 8.34. The number of benzene rings is 2. The van der Waals surface area contributed by atoms with Crippen molar-refractivity contribution < 1.29 is 19.1 Å². The standard InChI is InChI=1S/C34H48N2O4Se2/c1-19(2)25-11-7-21(5)15-31(25)39-33(37)27-17-23(9-13-29(27)35)41-42-24-10-14-30(36)28(18-24)34(38)40-32-16-22(6)8-12-26(32)20(3)4/h9-10,13-14,17-22,25-26,31-32H,7-8,11-12,15-16,35-36H2,1-6H3. The van der Waals surface area contributed by atoms with Crippen molar-refractivity contribution in [3.63, 3.8) is 0 Å². The molecule has 0 aromatic heterocycles. The molecule has 230 valence electrons. The van der Waals surface area contributed by atoms with Gasteiger partial charge in [0, 0.05) is 0 Å². The predicted octanol–water partition coefficient (Wildman–Crippen LogP) is 5.36. The summed E-state index contributed by atoms with van der Waals surface area (Å²) in [7, 11) is 0. The molecular formula is C34H48N2O4Se2. The Morgan fingerprint density at radius 2 is 1.07 bits per heavy atom. The summed E-state index contributed by atoms with van der Waals surface area (Å²) >= 11 is 0.156. The molecule has 8 heteroatoms. The Labute approximate surface area is 263 Å². The SMILES string of the molecule is CC1CCC(C(C)C)C(OC(=O)c2cc([Se][Se]c3ccc(N)c(C(=O)OC4CC(C)CCC4C(C)C)c3)ccc2N)C1. The van der Waals surface area contributed by atoms with Crippen LogP contribution in [-0.4, -0.2) is 50.4 Å². The zero-order valence-corrected chi connectivity index (χ0v) is 29.4. The van der Waals surface area contributed by atoms with Crippen LogP contribution in [-0.2, 0) is 9.47 Å². The zero-order chi connectivity index (χ0) is 30.6. The molecule has 4 rings (SSSR count). The summed E-state index contributed by atoms with van der Waals surface area (Å²) in [5.74, 6) is 2.16. The molecule has 0 bridgehead atoms. The van der Waals surface area contributed by atoms with E-state index < -0.39 is 0 Å². The molecule has 2 aliphatic carbocycles. The van der Waals surface area contributed by atoms with Gasteiger partial charge in [-0.2, -0.15) is 0 Å². The number of nitrogens with two attached hydrogens (primary N) is 2. The number of hydrogen-bond acceptors (Lipinski definition) is 6. The van der Waals surface area contributed by atoms with E-state index in [0.717, 1.165) is 34.6 Å². The Morgan fingerprint density at radius 3 is 1.43 bits per heavy atom. The molecule has 0 aliphatic heterocycles. The van der Waals surface area contributed by atoms with Gasteiger partial charge in [0.1, 0.15) is 0 Å². The third-order valence-corrected chi connectivity index (χ3v) is 16.3. The molecule has 2 aromatic rings. The van der Waals surface area contributed by atoms with E-state index >= 15 is 0 Å². The van der Waals surface area contributed by atoms with Gasteiger partial charge in [0.05, 0.1) is 0 Å². The second-order valence-electron chi connectivity index (χ2n) is 13.2. The van der Waals surface area contributed by atoms with E-state index in [4.69, 9.17) is 20.9 Å². The van der Waals surface area contributed by atoms with Crippen molar-refractivity contribution in [3.05, 3.63) is 47.5 Å². The van der Waals surface area contributed by atoms with Gasteiger partial charge in [-0.05, 0) is 0 Å². The molecule has 6 nitrogen and oxygen atoms in total. The second-order valence-corrected chi connectivity index (χ2v) is 19.5. The monoisotopic (exact) mass is 708 g/mol. The van der Waals surface area contributed by atoms with Gasteiger partial charge in [-0.15, -0.1) is 0 Å². The summed E-state index contributed by atoms with van der Waals surface area (Å²) < 4.78 is 14.4. The van der Waals surface area contributed by atoms with E-state index in [1.165, 1.54) is 12.8 Å². The van der Waals surface area contributed by atoms with Crippen LogP contribution < -0.4 is 20.4 Å². The molecule has 2 fully saturated rings. The van der Waals surface area contributed by atoms with E-state index in [9.17, 15) is 9.59 Å². The van der Waals surface area contributed by atoms with Gasteiger partial charge in [0.25, 0.3) is 0 Å². The summed E-state index contributed by atoms with van der Waals surface area (Å²) in [5.41, 5.74) is 14.3. The van der Waals surface area contributed by atoms with Gasteiger partial charge in [0.2, 0.25) is 0 Å². The van der Waals surface area contributed by atoms with Crippen molar-refractivity contribution >= 4 is 58.5 Å². The van der Waals surface area contributed by atoms with Crippen molar-refractivity contribution in [3.8, 4) is 0 Å². The van der Waals surface area contributed by atoms with Crippen molar-refractivity contribution in [2.24, 2.45) is 35.5 Å². The average molecular weight is 707 g/mol. The van der Waals surface area contributed by atoms with E-state index in [2.05, 4.69) is 41.5 Å². The number of esters is 2. The number of hydrogen-bond donors (Lipinski definition) is 2. The molecule has 0 amide bonds. The fourth-order valence-electron chi connectivity index (χ4n) is 6.53. The van der Waals surface area contributed by atoms with Crippen molar-refractivity contribution in [2.45, 2.75) is 92.3 Å². The molecule has 6 atom stereocenters. The van der Waals surface area contributed by atoms with Crippen LogP contribution in [0, 0.1) is 35.5 Å². The maximum absolute atomic E-state index is 13.3. The number of rotatable bonds is 9. The van der Waals surface area contributed by atoms with E-state index in [1.807, 2.05) is 36.4 Å². The number of nitrogen functional groups attached to an aromatic ring is 2. The quantitative estimate of drug-likeness (QED) is 0.207. The van der Waals surface area contributed by atoms with Gasteiger partial charge in [-0.25, -0.2) is 0 Å². The van der Waals surface area contributed by atoms with Crippen LogP contribution in [0.25, 0.3) is 0 Å². The third-order valence-electron chi connectivity index (χ3n) is 9.16. The molecule has 4 N–H and O–H groups in total. The number of carbonyl (C=O) groups is 2. The Hall–Kier alpha value is -1.98. The number of anilines is 2. The van der Waals surface area contributed by atoms with Gasteiger partial charge >= 0.3 is 264 Å². The van der Waals surface area contributed by atoms with Crippen LogP contribution in [0.2, 0.25) is 0 Å². The van der Waals surface area contributed by atoms with Gasteiger partial charge in [0.15, 0.2) is 0 Å². The first-order chi connectivity index (χ1) is 19.9. The van der Waals surface area contributed by atoms with Crippen LogP contribution in [0.1, 0.15) is 101 Å². The molecular weight excluding hydrogens is 658 g/mol. The first-order valence-corrected chi connectivity index (χ1v) is 21.5. The molecule has 42 heavy (non-hydrogen) atoms. The fourth-order valence-corrected chi connectivity index (χ4v) is 12.5. The van der Waals surface area contributed by atoms with E-state index in [0.29, 0.717) is 58.0 Å². The molecule has 0 radical (unpaired) electrons. The van der Waals surface area contributed by atoms with Gasteiger partial charge in [-0.1, -0.05) is 0 Å². The summed E-state index contributed by atoms with van der Waals surface area (Å²) in [4.78, 5) is 26.6. The molecule has 0 spiro atoms. The van der Waals surface area contributed by atoms with Crippen molar-refractivity contribution in [1.29, 1.82) is 0 Å². The fraction of sp³-hybridized carbons (Fsp3) is 0.588. The van der Waals surface area contributed by atoms with Crippen LogP contribution in [0.5, 0.6) is 0 Å². The zero-order valence-electron chi connectivity index (χ0n) is 25.9. The van der Waals surface area contributed by atoms with Crippen LogP contribution in [0.4, 0.5) is 11.4 Å². The Kier molecular flexibility index (Phi) is 11.5. The summed E-state index contributed by atoms with van der Waals surface area (Å²) in [6.07, 6.45) is 6.21. The van der Waals surface area contributed by atoms with Crippen LogP contribution in [0.15, 0.2) is 36.4 Å². The molecule has 2 saturated carbocycles. The first kappa shape index (κ1) is 32.9. The van der Waals surface area contributed by atoms with Gasteiger partial charge < -0.3 is 0 Å². The van der Waals surface area contributed by atoms with Gasteiger partial charge in [-0.3, -0.25) is 0 Å².